The highest BCUT2D eigenvalue weighted by Crippen LogP contribution is 2.39. The van der Waals surface area contributed by atoms with Crippen molar-refractivity contribution in [1.82, 2.24) is 9.97 Å². The van der Waals surface area contributed by atoms with Gasteiger partial charge in [-0.2, -0.15) is 0 Å². The molecule has 6 heteroatoms. The van der Waals surface area contributed by atoms with Gasteiger partial charge in [0, 0.05) is 6.04 Å². The zero-order valence-corrected chi connectivity index (χ0v) is 11.7. The SMILES string of the molecule is CC1(C)CCC(Nc2ncnc(NN)c2Br)C1. The molecule has 1 aliphatic rings. The zero-order chi connectivity index (χ0) is 12.5. The second-order valence-corrected chi connectivity index (χ2v) is 6.07. The van der Waals surface area contributed by atoms with Crippen molar-refractivity contribution in [3.8, 4) is 0 Å². The van der Waals surface area contributed by atoms with E-state index < -0.39 is 0 Å². The fraction of sp³-hybridized carbons (Fsp3) is 0.636. The highest BCUT2D eigenvalue weighted by atomic mass is 79.9. The van der Waals surface area contributed by atoms with Crippen LogP contribution in [0.25, 0.3) is 0 Å². The maximum atomic E-state index is 5.37. The van der Waals surface area contributed by atoms with Gasteiger partial charge in [-0.05, 0) is 40.6 Å². The first kappa shape index (κ1) is 12.6. The van der Waals surface area contributed by atoms with Crippen LogP contribution in [0.4, 0.5) is 11.6 Å². The molecule has 1 aromatic rings. The van der Waals surface area contributed by atoms with Crippen molar-refractivity contribution >= 4 is 27.6 Å². The molecule has 4 N–H and O–H groups in total. The molecule has 1 aliphatic carbocycles. The van der Waals surface area contributed by atoms with E-state index in [1.807, 2.05) is 0 Å². The average molecular weight is 300 g/mol. The van der Waals surface area contributed by atoms with Crippen molar-refractivity contribution in [2.75, 3.05) is 10.7 Å². The monoisotopic (exact) mass is 299 g/mol. The molecule has 1 heterocycles. The van der Waals surface area contributed by atoms with Gasteiger partial charge in [0.05, 0.1) is 0 Å². The van der Waals surface area contributed by atoms with Crippen LogP contribution in [-0.4, -0.2) is 16.0 Å². The van der Waals surface area contributed by atoms with E-state index in [2.05, 4.69) is 50.5 Å². The molecular weight excluding hydrogens is 282 g/mol. The van der Waals surface area contributed by atoms with E-state index in [4.69, 9.17) is 5.84 Å². The first-order chi connectivity index (χ1) is 8.02. The molecule has 94 valence electrons. The molecule has 2 rings (SSSR count). The minimum atomic E-state index is 0.423. The number of halogens is 1. The van der Waals surface area contributed by atoms with E-state index in [9.17, 15) is 0 Å². The normalized spacial score (nSPS) is 22.5. The smallest absolute Gasteiger partial charge is 0.159 e. The summed E-state index contributed by atoms with van der Waals surface area (Å²) in [5.41, 5.74) is 2.96. The number of hydrogen-bond acceptors (Lipinski definition) is 5. The lowest BCUT2D eigenvalue weighted by Gasteiger charge is -2.19. The maximum absolute atomic E-state index is 5.37. The number of nitrogen functional groups attached to an aromatic ring is 1. The first-order valence-electron chi connectivity index (χ1n) is 5.75. The predicted molar refractivity (Wildman–Crippen MR) is 72.6 cm³/mol. The summed E-state index contributed by atoms with van der Waals surface area (Å²) >= 11 is 3.45. The molecule has 0 spiro atoms. The molecule has 1 saturated carbocycles. The van der Waals surface area contributed by atoms with Crippen molar-refractivity contribution in [3.05, 3.63) is 10.8 Å². The topological polar surface area (TPSA) is 75.9 Å². The summed E-state index contributed by atoms with van der Waals surface area (Å²) in [6.07, 6.45) is 5.08. The molecule has 5 nitrogen and oxygen atoms in total. The number of hydrogen-bond donors (Lipinski definition) is 3. The summed E-state index contributed by atoms with van der Waals surface area (Å²) in [6.45, 7) is 4.60. The fourth-order valence-corrected chi connectivity index (χ4v) is 2.76. The molecule has 1 fully saturated rings. The van der Waals surface area contributed by atoms with E-state index in [1.165, 1.54) is 19.2 Å². The highest BCUT2D eigenvalue weighted by molar-refractivity contribution is 9.10. The van der Waals surface area contributed by atoms with Gasteiger partial charge < -0.3 is 10.7 Å². The molecule has 17 heavy (non-hydrogen) atoms. The summed E-state index contributed by atoms with van der Waals surface area (Å²) in [5.74, 6) is 6.77. The first-order valence-corrected chi connectivity index (χ1v) is 6.55. The Morgan fingerprint density at radius 2 is 2.12 bits per heavy atom. The van der Waals surface area contributed by atoms with Crippen LogP contribution < -0.4 is 16.6 Å². The van der Waals surface area contributed by atoms with Crippen molar-refractivity contribution in [2.45, 2.75) is 39.2 Å². The molecule has 0 amide bonds. The fourth-order valence-electron chi connectivity index (χ4n) is 2.32. The Labute approximate surface area is 110 Å². The molecule has 0 aliphatic heterocycles. The van der Waals surface area contributed by atoms with E-state index in [0.717, 1.165) is 16.7 Å². The van der Waals surface area contributed by atoms with Gasteiger partial charge in [0.15, 0.2) is 5.82 Å². The van der Waals surface area contributed by atoms with Gasteiger partial charge in [-0.25, -0.2) is 15.8 Å². The van der Waals surface area contributed by atoms with Crippen molar-refractivity contribution in [2.24, 2.45) is 11.3 Å². The Hall–Kier alpha value is -0.880. The summed E-state index contributed by atoms with van der Waals surface area (Å²) in [6, 6.07) is 0.474. The molecule has 0 radical (unpaired) electrons. The van der Waals surface area contributed by atoms with Gasteiger partial charge in [-0.3, -0.25) is 0 Å². The largest absolute Gasteiger partial charge is 0.366 e. The molecular formula is C11H18BrN5. The Bertz CT molecular complexity index is 407. The second kappa shape index (κ2) is 4.78. The Balaban J connectivity index is 2.09. The number of anilines is 2. The van der Waals surface area contributed by atoms with Gasteiger partial charge in [0.25, 0.3) is 0 Å². The van der Waals surface area contributed by atoms with E-state index in [1.54, 1.807) is 0 Å². The number of aromatic nitrogens is 2. The van der Waals surface area contributed by atoms with Crippen LogP contribution in [-0.2, 0) is 0 Å². The van der Waals surface area contributed by atoms with Gasteiger partial charge in [-0.1, -0.05) is 13.8 Å². The highest BCUT2D eigenvalue weighted by Gasteiger charge is 2.31. The van der Waals surface area contributed by atoms with Crippen LogP contribution >= 0.6 is 15.9 Å². The quantitative estimate of drug-likeness (QED) is 0.591. The lowest BCUT2D eigenvalue weighted by Crippen LogP contribution is -2.19. The number of nitrogens with two attached hydrogens (primary N) is 1. The molecule has 0 saturated heterocycles. The Morgan fingerprint density at radius 3 is 2.71 bits per heavy atom. The third kappa shape index (κ3) is 2.87. The maximum Gasteiger partial charge on any atom is 0.159 e. The molecule has 1 aromatic heterocycles. The van der Waals surface area contributed by atoms with Crippen LogP contribution in [0.3, 0.4) is 0 Å². The zero-order valence-electron chi connectivity index (χ0n) is 10.1. The van der Waals surface area contributed by atoms with E-state index >= 15 is 0 Å². The summed E-state index contributed by atoms with van der Waals surface area (Å²) in [7, 11) is 0. The van der Waals surface area contributed by atoms with Crippen LogP contribution in [0.2, 0.25) is 0 Å². The van der Waals surface area contributed by atoms with Crippen LogP contribution in [0, 0.1) is 5.41 Å². The molecule has 1 atom stereocenters. The molecule has 0 aromatic carbocycles. The lowest BCUT2D eigenvalue weighted by atomic mass is 9.92. The van der Waals surface area contributed by atoms with Crippen LogP contribution in [0.1, 0.15) is 33.1 Å². The number of nitrogens with one attached hydrogen (secondary N) is 2. The standard InChI is InChI=1S/C11H18BrN5/c1-11(2)4-3-7(5-11)16-9-8(12)10(17-13)15-6-14-9/h6-7H,3-5,13H2,1-2H3,(H2,14,15,16,17). The van der Waals surface area contributed by atoms with Gasteiger partial charge in [0.2, 0.25) is 0 Å². The molecule has 0 bridgehead atoms. The van der Waals surface area contributed by atoms with Crippen LogP contribution in [0.15, 0.2) is 10.8 Å². The van der Waals surface area contributed by atoms with Crippen molar-refractivity contribution in [3.63, 3.8) is 0 Å². The summed E-state index contributed by atoms with van der Waals surface area (Å²) in [5, 5.41) is 3.45. The number of hydrazine groups is 1. The Kier molecular flexibility index (Phi) is 3.53. The van der Waals surface area contributed by atoms with Crippen molar-refractivity contribution in [1.29, 1.82) is 0 Å². The number of nitrogens with zero attached hydrogens (tertiary/aromatic N) is 2. The number of rotatable bonds is 3. The molecule has 1 unspecified atom stereocenters. The van der Waals surface area contributed by atoms with Gasteiger partial charge >= 0.3 is 0 Å². The Morgan fingerprint density at radius 1 is 1.41 bits per heavy atom. The lowest BCUT2D eigenvalue weighted by molar-refractivity contribution is 0.378. The van der Waals surface area contributed by atoms with Crippen molar-refractivity contribution < 1.29 is 0 Å². The second-order valence-electron chi connectivity index (χ2n) is 5.28. The van der Waals surface area contributed by atoms with E-state index in [0.29, 0.717) is 17.3 Å². The van der Waals surface area contributed by atoms with Gasteiger partial charge in [0.1, 0.15) is 16.6 Å². The third-order valence-electron chi connectivity index (χ3n) is 3.24. The predicted octanol–water partition coefficient (Wildman–Crippen LogP) is 2.52. The summed E-state index contributed by atoms with van der Waals surface area (Å²) in [4.78, 5) is 8.26. The minimum Gasteiger partial charge on any atom is -0.366 e. The van der Waals surface area contributed by atoms with Crippen LogP contribution in [0.5, 0.6) is 0 Å². The minimum absolute atomic E-state index is 0.423. The van der Waals surface area contributed by atoms with E-state index in [-0.39, 0.29) is 0 Å². The van der Waals surface area contributed by atoms with Gasteiger partial charge in [-0.15, -0.1) is 0 Å². The third-order valence-corrected chi connectivity index (χ3v) is 3.99. The summed E-state index contributed by atoms with van der Waals surface area (Å²) < 4.78 is 0.784. The average Bonchev–Trinajstić information content (AvgIpc) is 2.61.